The summed E-state index contributed by atoms with van der Waals surface area (Å²) in [5.74, 6) is 0.708. The van der Waals surface area contributed by atoms with Crippen LogP contribution in [0.5, 0.6) is 11.5 Å². The molecule has 0 spiro atoms. The third kappa shape index (κ3) is 13.3. The molecule has 0 bridgehead atoms. The van der Waals surface area contributed by atoms with E-state index in [1.165, 1.54) is 9.13 Å². The van der Waals surface area contributed by atoms with Gasteiger partial charge in [-0.3, -0.25) is 66.6 Å². The van der Waals surface area contributed by atoms with Crippen molar-refractivity contribution >= 4 is 119 Å². The van der Waals surface area contributed by atoms with Gasteiger partial charge in [-0.25, -0.2) is 29.1 Å². The van der Waals surface area contributed by atoms with Crippen molar-refractivity contribution in [1.82, 2.24) is 77.4 Å². The molecule has 4 aromatic carbocycles. The summed E-state index contributed by atoms with van der Waals surface area (Å²) in [7, 11) is 7.36. The minimum absolute atomic E-state index is 0.0102. The average Bonchev–Trinajstić information content (AvgIpc) is 1.50. The van der Waals surface area contributed by atoms with Crippen molar-refractivity contribution in [3.05, 3.63) is 160 Å². The number of imidazole rings is 2. The molecule has 12 aromatic rings. The maximum Gasteiger partial charge on any atom is 0.331 e. The molecule has 18 rings (SSSR count). The van der Waals surface area contributed by atoms with Crippen molar-refractivity contribution in [2.45, 2.75) is 145 Å². The number of piperidine rings is 4. The number of amides is 6. The number of likely N-dealkylation sites (tertiary alicyclic amines) is 1. The zero-order valence-electron chi connectivity index (χ0n) is 63.3. The summed E-state index contributed by atoms with van der Waals surface area (Å²) in [5.41, 5.74) is 8.70. The van der Waals surface area contributed by atoms with Crippen LogP contribution in [0, 0.1) is 11.8 Å². The molecular weight excluding hydrogens is 1420 g/mol. The number of nitrogens with one attached hydrogen (secondary N) is 4. The molecule has 29 nitrogen and oxygen atoms in total. The summed E-state index contributed by atoms with van der Waals surface area (Å²) in [4.78, 5) is 123. The van der Waals surface area contributed by atoms with Crippen molar-refractivity contribution in [2.24, 2.45) is 25.9 Å². The van der Waals surface area contributed by atoms with Crippen LogP contribution in [0.15, 0.2) is 138 Å². The Kier molecular flexibility index (Phi) is 18.9. The Morgan fingerprint density at radius 2 is 1.14 bits per heavy atom. The second-order valence-electron chi connectivity index (χ2n) is 31.7. The lowest BCUT2D eigenvalue weighted by atomic mass is 9.84. The Bertz CT molecular complexity index is 5860. The van der Waals surface area contributed by atoms with Gasteiger partial charge in [-0.2, -0.15) is 10.2 Å². The quantitative estimate of drug-likeness (QED) is 0.0616. The first kappa shape index (κ1) is 71.9. The topological polar surface area (TPSA) is 304 Å². The summed E-state index contributed by atoms with van der Waals surface area (Å²) in [6, 6.07) is 27.3. The van der Waals surface area contributed by atoms with Crippen LogP contribution in [-0.4, -0.2) is 162 Å². The monoisotopic (exact) mass is 1510 g/mol. The van der Waals surface area contributed by atoms with E-state index in [0.717, 1.165) is 166 Å². The van der Waals surface area contributed by atoms with Crippen LogP contribution >= 0.6 is 0 Å². The summed E-state index contributed by atoms with van der Waals surface area (Å²) in [5, 5.41) is 24.6. The number of rotatable bonds is 17. The molecule has 8 aromatic heterocycles. The van der Waals surface area contributed by atoms with Crippen LogP contribution in [-0.2, 0) is 39.9 Å². The van der Waals surface area contributed by atoms with Crippen LogP contribution in [0.1, 0.15) is 144 Å². The lowest BCUT2D eigenvalue weighted by Crippen LogP contribution is -2.45. The number of aryl methyl sites for hydroxylation is 2. The highest BCUT2D eigenvalue weighted by atomic mass is 16.5. The van der Waals surface area contributed by atoms with E-state index in [-0.39, 0.29) is 67.1 Å². The third-order valence-electron chi connectivity index (χ3n) is 25.0. The third-order valence-corrected chi connectivity index (χ3v) is 25.0. The molecule has 0 radical (unpaired) electrons. The minimum atomic E-state index is -0.738. The second kappa shape index (κ2) is 29.5. The number of imide groups is 2. The Balaban J connectivity index is 0.511. The van der Waals surface area contributed by atoms with Gasteiger partial charge in [0.25, 0.3) is 0 Å². The number of methoxy groups -OCH3 is 1. The summed E-state index contributed by atoms with van der Waals surface area (Å²) in [6.07, 6.45) is 23.9. The molecular formula is C83H91N19O10. The van der Waals surface area contributed by atoms with Gasteiger partial charge in [-0.1, -0.05) is 18.2 Å². The predicted octanol–water partition coefficient (Wildman–Crippen LogP) is 11.0. The smallest absolute Gasteiger partial charge is 0.331 e. The van der Waals surface area contributed by atoms with Gasteiger partial charge in [-0.15, -0.1) is 0 Å². The summed E-state index contributed by atoms with van der Waals surface area (Å²) >= 11 is 0. The van der Waals surface area contributed by atoms with Gasteiger partial charge in [0, 0.05) is 136 Å². The number of nitrogens with zero attached hydrogens (tertiary/aromatic N) is 15. The molecule has 112 heavy (non-hydrogen) atoms. The van der Waals surface area contributed by atoms with Gasteiger partial charge in [0.2, 0.25) is 23.6 Å². The Labute approximate surface area is 643 Å². The fourth-order valence-electron chi connectivity index (χ4n) is 19.0. The highest BCUT2D eigenvalue weighted by molar-refractivity contribution is 6.04. The Morgan fingerprint density at radius 1 is 0.571 bits per heavy atom. The normalized spacial score (nSPS) is 21.3. The van der Waals surface area contributed by atoms with Crippen molar-refractivity contribution in [2.75, 3.05) is 69.0 Å². The molecule has 4 N–H and O–H groups in total. The number of benzene rings is 4. The molecule has 6 fully saturated rings. The maximum atomic E-state index is 14.7. The van der Waals surface area contributed by atoms with E-state index in [1.54, 1.807) is 64.3 Å². The number of fused-ring (bicyclic) bond motifs is 6. The Hall–Kier alpha value is -11.7. The molecule has 2 saturated carbocycles. The molecule has 12 heterocycles. The number of pyridine rings is 2. The molecule has 2 unspecified atom stereocenters. The van der Waals surface area contributed by atoms with E-state index < -0.39 is 36.0 Å². The standard InChI is InChI=1S/C83H91N19O10/c1-92(56-30-36-96(37-31-56)65-12-6-14-67-75(65)94(3)83(110)102(67)69-24-26-73(104)89-79(69)106)43-49-15-19-57(20-16-49)100-47-54-40-64(87-80(107)97-38-29-52-9-7-32-84-76(52)97)71(42-62(54)91-100)112-48-55-45-98(77-60(55)11-8-33-85-77)81(108)86-63-39-53-46-99(90-61(53)41-70(63)111-4)58-21-17-50(18-22-58)44-95-34-27-51(28-35-95)59-10-5-13-66-74(59)93(2)82(109)101(66)68-23-25-72(103)88-78(68)105/h5-14,29,32-33,38-42,45-47,49-51,56-58,68-69H,15-28,30-31,34-37,43-44,48H2,1-4H3,(H,86,108)(H,87,107)(H,88,103,105)(H,89,104,106). The van der Waals surface area contributed by atoms with Crippen LogP contribution in [0.2, 0.25) is 0 Å². The number of para-hydroxylation sites is 2. The first-order valence-electron chi connectivity index (χ1n) is 39.4. The van der Waals surface area contributed by atoms with Gasteiger partial charge < -0.3 is 34.8 Å². The number of carbonyl (C=O) groups is 6. The fourth-order valence-corrected chi connectivity index (χ4v) is 19.0. The van der Waals surface area contributed by atoms with Gasteiger partial charge in [-0.05, 0) is 194 Å². The zero-order valence-corrected chi connectivity index (χ0v) is 63.3. The van der Waals surface area contributed by atoms with Gasteiger partial charge in [0.15, 0.2) is 0 Å². The summed E-state index contributed by atoms with van der Waals surface area (Å²) < 4.78 is 26.2. The Morgan fingerprint density at radius 3 is 1.78 bits per heavy atom. The minimum Gasteiger partial charge on any atom is -0.494 e. The maximum absolute atomic E-state index is 14.7. The van der Waals surface area contributed by atoms with Crippen molar-refractivity contribution in [3.8, 4) is 11.5 Å². The van der Waals surface area contributed by atoms with E-state index in [2.05, 4.69) is 81.9 Å². The van der Waals surface area contributed by atoms with E-state index in [9.17, 15) is 38.4 Å². The van der Waals surface area contributed by atoms with E-state index in [4.69, 9.17) is 24.7 Å². The van der Waals surface area contributed by atoms with Crippen LogP contribution in [0.3, 0.4) is 0 Å². The highest BCUT2D eigenvalue weighted by Crippen LogP contribution is 2.42. The number of carbonyl (C=O) groups excluding carboxylic acids is 6. The van der Waals surface area contributed by atoms with E-state index >= 15 is 0 Å². The summed E-state index contributed by atoms with van der Waals surface area (Å²) in [6.45, 7) is 5.61. The lowest BCUT2D eigenvalue weighted by molar-refractivity contribution is -0.137. The molecule has 6 amide bonds. The van der Waals surface area contributed by atoms with Gasteiger partial charge >= 0.3 is 23.4 Å². The first-order chi connectivity index (χ1) is 54.4. The lowest BCUT2D eigenvalue weighted by Gasteiger charge is -2.40. The molecule has 578 valence electrons. The molecule has 2 atom stereocenters. The van der Waals surface area contributed by atoms with E-state index in [0.29, 0.717) is 80.4 Å². The molecule has 4 aliphatic heterocycles. The van der Waals surface area contributed by atoms with Crippen molar-refractivity contribution in [3.63, 3.8) is 0 Å². The SMILES string of the molecule is COc1cc2nn(C3CCC(CN4CCC(c5cccc6c5n(C)c(=O)n6C5CCC(=O)NC5=O)CC4)CC3)cc2cc1NC(=O)n1cc(COc2cc3nn(C4CCC(CN(C)C5CCN(c6cccc7c6n(C)c(=O)n7C6CCC(=O)NC6=O)CC5)CC4)cc3cc2NC(=O)n2ccc3cccnc32)c2cccnc21. The molecule has 29 heteroatoms. The number of aromatic nitrogens is 12. The van der Waals surface area contributed by atoms with Crippen molar-refractivity contribution in [1.29, 1.82) is 0 Å². The van der Waals surface area contributed by atoms with Crippen molar-refractivity contribution < 1.29 is 38.2 Å². The molecule has 4 saturated heterocycles. The van der Waals surface area contributed by atoms with Crippen LogP contribution in [0.25, 0.3) is 65.9 Å². The first-order valence-corrected chi connectivity index (χ1v) is 39.4. The number of hydrogen-bond donors (Lipinski definition) is 4. The predicted molar refractivity (Wildman–Crippen MR) is 424 cm³/mol. The number of ether oxygens (including phenoxy) is 2. The number of anilines is 3. The zero-order chi connectivity index (χ0) is 76.7. The van der Waals surface area contributed by atoms with E-state index in [1.807, 2.05) is 78.9 Å². The highest BCUT2D eigenvalue weighted by Gasteiger charge is 2.37. The van der Waals surface area contributed by atoms with Crippen LogP contribution < -0.4 is 47.0 Å². The molecule has 2 aliphatic carbocycles. The fraction of sp³-hybridized carbons (Fsp3) is 0.422. The van der Waals surface area contributed by atoms with Gasteiger partial charge in [0.1, 0.15) is 41.5 Å². The largest absolute Gasteiger partial charge is 0.494 e. The average molecular weight is 1510 g/mol. The number of hydrogen-bond acceptors (Lipinski definition) is 17. The molecule has 6 aliphatic rings. The van der Waals surface area contributed by atoms with Crippen LogP contribution in [0.4, 0.5) is 26.7 Å². The second-order valence-corrected chi connectivity index (χ2v) is 31.7. The van der Waals surface area contributed by atoms with Gasteiger partial charge in [0.05, 0.1) is 69.4 Å².